The van der Waals surface area contributed by atoms with Crippen LogP contribution in [0.5, 0.6) is 11.5 Å². The lowest BCUT2D eigenvalue weighted by Gasteiger charge is -2.44. The monoisotopic (exact) mass is 494 g/mol. The van der Waals surface area contributed by atoms with Gasteiger partial charge in [0.1, 0.15) is 29.8 Å². The topological polar surface area (TPSA) is 102 Å². The van der Waals surface area contributed by atoms with E-state index >= 15 is 0 Å². The van der Waals surface area contributed by atoms with Gasteiger partial charge in [0.05, 0.1) is 6.42 Å². The van der Waals surface area contributed by atoms with Crippen LogP contribution in [0.2, 0.25) is 16.6 Å². The van der Waals surface area contributed by atoms with Crippen molar-refractivity contribution in [2.24, 2.45) is 0 Å². The molecule has 0 aliphatic heterocycles. The first-order valence-electron chi connectivity index (χ1n) is 12.0. The minimum absolute atomic E-state index is 0.0366. The maximum atomic E-state index is 12.9. The minimum Gasteiger partial charge on any atom is -0.508 e. The third-order valence-corrected chi connectivity index (χ3v) is 12.4. The van der Waals surface area contributed by atoms with Gasteiger partial charge in [-0.2, -0.15) is 0 Å². The van der Waals surface area contributed by atoms with Crippen LogP contribution in [-0.2, 0) is 25.1 Å². The number of phenols is 2. The molecule has 2 atom stereocenters. The van der Waals surface area contributed by atoms with Crippen molar-refractivity contribution in [3.8, 4) is 11.5 Å². The molecule has 192 valence electrons. The van der Waals surface area contributed by atoms with Crippen LogP contribution in [0.4, 0.5) is 0 Å². The number of hydrogen-bond donors (Lipinski definition) is 2. The van der Waals surface area contributed by atoms with Crippen molar-refractivity contribution < 1.29 is 33.7 Å². The number of carbonyl (C=O) groups excluding carboxylic acids is 2. The van der Waals surface area contributed by atoms with Gasteiger partial charge in [0.2, 0.25) is 8.32 Å². The highest BCUT2D eigenvalue weighted by molar-refractivity contribution is 6.77. The van der Waals surface area contributed by atoms with Crippen molar-refractivity contribution in [2.45, 2.75) is 97.1 Å². The Bertz CT molecular complexity index is 826. The maximum Gasteiger partial charge on any atom is 0.342 e. The SMILES string of the molecule is C=CCOC(=O)C[C@@H](C)OC(=O)c1c(O)cc(O)cc1C[C@@H](C)O[Si](C(C)C)(C(C)C)C(C)C. The molecule has 0 unspecified atom stereocenters. The molecule has 1 rings (SSSR count). The fourth-order valence-corrected chi connectivity index (χ4v) is 10.5. The van der Waals surface area contributed by atoms with E-state index in [4.69, 9.17) is 13.9 Å². The second-order valence-electron chi connectivity index (χ2n) is 9.84. The fraction of sp³-hybridized carbons (Fsp3) is 0.615. The number of hydrogen-bond acceptors (Lipinski definition) is 7. The van der Waals surface area contributed by atoms with E-state index in [1.807, 2.05) is 6.92 Å². The normalized spacial score (nSPS) is 13.7. The first kappa shape index (κ1) is 29.7. The van der Waals surface area contributed by atoms with E-state index in [1.54, 1.807) is 6.92 Å². The molecule has 0 saturated carbocycles. The number of aromatic hydroxyl groups is 2. The van der Waals surface area contributed by atoms with Gasteiger partial charge in [0.15, 0.2) is 0 Å². The Kier molecular flexibility index (Phi) is 11.3. The summed E-state index contributed by atoms with van der Waals surface area (Å²) in [5.74, 6) is -1.83. The third-order valence-electron chi connectivity index (χ3n) is 6.13. The molecule has 7 nitrogen and oxygen atoms in total. The van der Waals surface area contributed by atoms with Crippen molar-refractivity contribution >= 4 is 20.3 Å². The Labute approximate surface area is 205 Å². The lowest BCUT2D eigenvalue weighted by Crippen LogP contribution is -2.50. The van der Waals surface area contributed by atoms with Crippen LogP contribution < -0.4 is 0 Å². The van der Waals surface area contributed by atoms with Crippen LogP contribution in [-0.4, -0.2) is 49.3 Å². The molecule has 34 heavy (non-hydrogen) atoms. The Morgan fingerprint density at radius 2 is 1.53 bits per heavy atom. The highest BCUT2D eigenvalue weighted by atomic mass is 28.4. The number of carbonyl (C=O) groups is 2. The lowest BCUT2D eigenvalue weighted by atomic mass is 10.0. The molecule has 8 heteroatoms. The average molecular weight is 495 g/mol. The summed E-state index contributed by atoms with van der Waals surface area (Å²) in [6.07, 6.45) is 0.621. The molecule has 0 bridgehead atoms. The second-order valence-corrected chi connectivity index (χ2v) is 15.2. The van der Waals surface area contributed by atoms with Crippen molar-refractivity contribution in [2.75, 3.05) is 6.61 Å². The van der Waals surface area contributed by atoms with Gasteiger partial charge in [-0.15, -0.1) is 0 Å². The Morgan fingerprint density at radius 1 is 0.971 bits per heavy atom. The third kappa shape index (κ3) is 7.60. The molecular weight excluding hydrogens is 452 g/mol. The molecule has 1 aromatic rings. The number of ether oxygens (including phenoxy) is 2. The fourth-order valence-electron chi connectivity index (χ4n) is 4.90. The summed E-state index contributed by atoms with van der Waals surface area (Å²) in [4.78, 5) is 24.7. The summed E-state index contributed by atoms with van der Waals surface area (Å²) in [6.45, 7) is 20.3. The minimum atomic E-state index is -2.17. The van der Waals surface area contributed by atoms with Gasteiger partial charge in [-0.1, -0.05) is 54.2 Å². The van der Waals surface area contributed by atoms with E-state index in [0.717, 1.165) is 6.07 Å². The zero-order chi connectivity index (χ0) is 26.2. The second kappa shape index (κ2) is 12.9. The van der Waals surface area contributed by atoms with Crippen molar-refractivity contribution in [3.63, 3.8) is 0 Å². The van der Waals surface area contributed by atoms with Crippen LogP contribution >= 0.6 is 0 Å². The zero-order valence-corrected chi connectivity index (χ0v) is 22.9. The molecule has 0 aliphatic rings. The maximum absolute atomic E-state index is 12.9. The van der Waals surface area contributed by atoms with Crippen LogP contribution in [0.1, 0.15) is 77.7 Å². The van der Waals surface area contributed by atoms with E-state index in [1.165, 1.54) is 12.1 Å². The van der Waals surface area contributed by atoms with Gasteiger partial charge in [0.25, 0.3) is 0 Å². The molecule has 0 saturated heterocycles. The highest BCUT2D eigenvalue weighted by Gasteiger charge is 2.46. The van der Waals surface area contributed by atoms with Gasteiger partial charge in [-0.3, -0.25) is 4.79 Å². The molecule has 0 aromatic heterocycles. The predicted molar refractivity (Wildman–Crippen MR) is 136 cm³/mol. The number of rotatable bonds is 13. The van der Waals surface area contributed by atoms with Crippen molar-refractivity contribution in [1.82, 2.24) is 0 Å². The zero-order valence-electron chi connectivity index (χ0n) is 21.9. The van der Waals surface area contributed by atoms with Crippen LogP contribution in [0.15, 0.2) is 24.8 Å². The number of benzene rings is 1. The standard InChI is InChI=1S/C26H42O7Si/c1-10-11-31-24(29)13-19(8)32-26(30)25-21(14-22(27)15-23(25)28)12-20(9)33-34(16(2)3,17(4)5)18(6)7/h10,14-20,27-28H,1,11-13H2,2-9H3/t19-,20-/m1/s1. The van der Waals surface area contributed by atoms with E-state index in [-0.39, 0.29) is 36.2 Å². The van der Waals surface area contributed by atoms with Crippen LogP contribution in [0.3, 0.4) is 0 Å². The first-order valence-corrected chi connectivity index (χ1v) is 14.1. The van der Waals surface area contributed by atoms with Gasteiger partial charge in [-0.05, 0) is 48.5 Å². The molecule has 0 aliphatic carbocycles. The summed E-state index contributed by atoms with van der Waals surface area (Å²) in [5.41, 5.74) is 1.55. The van der Waals surface area contributed by atoms with E-state index in [9.17, 15) is 19.8 Å². The van der Waals surface area contributed by atoms with Gasteiger partial charge in [0, 0.05) is 12.2 Å². The summed E-state index contributed by atoms with van der Waals surface area (Å²) >= 11 is 0. The van der Waals surface area contributed by atoms with Crippen LogP contribution in [0, 0.1) is 0 Å². The Balaban J connectivity index is 3.14. The van der Waals surface area contributed by atoms with E-state index in [0.29, 0.717) is 28.6 Å². The number of esters is 2. The van der Waals surface area contributed by atoms with Gasteiger partial charge >= 0.3 is 11.9 Å². The predicted octanol–water partition coefficient (Wildman–Crippen LogP) is 5.89. The quantitative estimate of drug-likeness (QED) is 0.200. The molecular formula is C26H42O7Si. The van der Waals surface area contributed by atoms with E-state index in [2.05, 4.69) is 48.1 Å². The summed E-state index contributed by atoms with van der Waals surface area (Å²) in [5, 5.41) is 20.5. The van der Waals surface area contributed by atoms with Gasteiger partial charge < -0.3 is 24.1 Å². The molecule has 0 spiro atoms. The molecule has 2 N–H and O–H groups in total. The summed E-state index contributed by atoms with van der Waals surface area (Å²) < 4.78 is 17.1. The molecule has 0 heterocycles. The molecule has 0 fully saturated rings. The average Bonchev–Trinajstić information content (AvgIpc) is 2.68. The Hall–Kier alpha value is -2.32. The highest BCUT2D eigenvalue weighted by Crippen LogP contribution is 2.43. The summed E-state index contributed by atoms with van der Waals surface area (Å²) in [6, 6.07) is 2.55. The molecule has 0 amide bonds. The van der Waals surface area contributed by atoms with E-state index < -0.39 is 26.4 Å². The van der Waals surface area contributed by atoms with Crippen LogP contribution in [0.25, 0.3) is 0 Å². The molecule has 1 aromatic carbocycles. The lowest BCUT2D eigenvalue weighted by molar-refractivity contribution is -0.144. The van der Waals surface area contributed by atoms with Gasteiger partial charge in [-0.25, -0.2) is 4.79 Å². The largest absolute Gasteiger partial charge is 0.508 e. The Morgan fingerprint density at radius 3 is 2.03 bits per heavy atom. The number of phenolic OH excluding ortho intramolecular Hbond substituents is 2. The smallest absolute Gasteiger partial charge is 0.342 e. The molecule has 0 radical (unpaired) electrons. The summed E-state index contributed by atoms with van der Waals surface area (Å²) in [7, 11) is -2.17. The first-order chi connectivity index (χ1) is 15.8. The van der Waals surface area contributed by atoms with Crippen molar-refractivity contribution in [1.29, 1.82) is 0 Å². The van der Waals surface area contributed by atoms with Crippen molar-refractivity contribution in [3.05, 3.63) is 35.9 Å².